The number of thioether (sulfide) groups is 1. The van der Waals surface area contributed by atoms with E-state index in [1.807, 2.05) is 0 Å². The van der Waals surface area contributed by atoms with Crippen molar-refractivity contribution >= 4 is 23.2 Å². The van der Waals surface area contributed by atoms with Crippen LogP contribution in [0.25, 0.3) is 0 Å². The van der Waals surface area contributed by atoms with Crippen LogP contribution >= 0.6 is 11.8 Å². The van der Waals surface area contributed by atoms with E-state index in [0.29, 0.717) is 22.6 Å². The van der Waals surface area contributed by atoms with E-state index in [1.165, 1.54) is 17.8 Å². The minimum Gasteiger partial charge on any atom is -0.387 e. The lowest BCUT2D eigenvalue weighted by atomic mass is 9.99. The molecule has 3 nitrogen and oxygen atoms in total. The predicted molar refractivity (Wildman–Crippen MR) is 68.6 cm³/mol. The first kappa shape index (κ1) is 12.4. The molecule has 1 aromatic carbocycles. The topological polar surface area (TPSA) is 41.1 Å². The Hall–Kier alpha value is -1.07. The molecular formula is C12H15FN2OS. The second kappa shape index (κ2) is 4.66. The zero-order valence-corrected chi connectivity index (χ0v) is 10.9. The zero-order chi connectivity index (χ0) is 12.6. The fraction of sp³-hybridized carbons (Fsp3) is 0.417. The van der Waals surface area contributed by atoms with Crippen LogP contribution in [0, 0.1) is 12.7 Å². The Kier molecular flexibility index (Phi) is 3.40. The van der Waals surface area contributed by atoms with Crippen LogP contribution in [0.1, 0.15) is 15.9 Å². The standard InChI is InChI=1S/C12H15FN2OS/c1-6-7(13)4-8(14-2)10-11(16)9(15-3)5-17-12(6)10/h4,9,14-15H,5H2,1-3H3. The van der Waals surface area contributed by atoms with E-state index in [1.54, 1.807) is 21.0 Å². The van der Waals surface area contributed by atoms with E-state index in [-0.39, 0.29) is 17.6 Å². The number of hydrogen-bond donors (Lipinski definition) is 2. The van der Waals surface area contributed by atoms with E-state index >= 15 is 0 Å². The molecule has 0 bridgehead atoms. The normalized spacial score (nSPS) is 19.1. The maximum absolute atomic E-state index is 13.7. The van der Waals surface area contributed by atoms with Crippen molar-refractivity contribution in [3.8, 4) is 0 Å². The lowest BCUT2D eigenvalue weighted by Gasteiger charge is -2.26. The third-order valence-corrected chi connectivity index (χ3v) is 4.34. The molecule has 2 N–H and O–H groups in total. The quantitative estimate of drug-likeness (QED) is 0.847. The molecule has 0 saturated heterocycles. The zero-order valence-electron chi connectivity index (χ0n) is 10.1. The molecular weight excluding hydrogens is 239 g/mol. The van der Waals surface area contributed by atoms with Gasteiger partial charge in [0.1, 0.15) is 5.82 Å². The Balaban J connectivity index is 2.62. The van der Waals surface area contributed by atoms with E-state index < -0.39 is 0 Å². The van der Waals surface area contributed by atoms with E-state index in [4.69, 9.17) is 0 Å². The van der Waals surface area contributed by atoms with E-state index in [2.05, 4.69) is 10.6 Å². The molecule has 92 valence electrons. The third kappa shape index (κ3) is 1.93. The number of likely N-dealkylation sites (N-methyl/N-ethyl adjacent to an activating group) is 1. The van der Waals surface area contributed by atoms with Gasteiger partial charge in [-0.25, -0.2) is 4.39 Å². The smallest absolute Gasteiger partial charge is 0.183 e. The molecule has 1 aliphatic rings. The summed E-state index contributed by atoms with van der Waals surface area (Å²) >= 11 is 1.53. The monoisotopic (exact) mass is 254 g/mol. The number of carbonyl (C=O) groups excluding carboxylic acids is 1. The number of carbonyl (C=O) groups is 1. The lowest BCUT2D eigenvalue weighted by molar-refractivity contribution is 0.0952. The van der Waals surface area contributed by atoms with Crippen LogP contribution in [0.3, 0.4) is 0 Å². The number of fused-ring (bicyclic) bond motifs is 1. The van der Waals surface area contributed by atoms with Crippen molar-refractivity contribution in [1.29, 1.82) is 0 Å². The van der Waals surface area contributed by atoms with Gasteiger partial charge in [0.25, 0.3) is 0 Å². The Morgan fingerprint density at radius 1 is 1.47 bits per heavy atom. The summed E-state index contributed by atoms with van der Waals surface area (Å²) in [6, 6.07) is 1.20. The van der Waals surface area contributed by atoms with Crippen molar-refractivity contribution in [3.63, 3.8) is 0 Å². The number of hydrogen-bond acceptors (Lipinski definition) is 4. The summed E-state index contributed by atoms with van der Waals surface area (Å²) in [5, 5.41) is 5.88. The second-order valence-corrected chi connectivity index (χ2v) is 5.03. The number of ketones is 1. The van der Waals surface area contributed by atoms with Crippen molar-refractivity contribution in [3.05, 3.63) is 23.0 Å². The van der Waals surface area contributed by atoms with Gasteiger partial charge in [-0.15, -0.1) is 11.8 Å². The van der Waals surface area contributed by atoms with Crippen molar-refractivity contribution in [2.75, 3.05) is 25.2 Å². The van der Waals surface area contributed by atoms with Gasteiger partial charge in [-0.3, -0.25) is 4.79 Å². The van der Waals surface area contributed by atoms with Crippen molar-refractivity contribution < 1.29 is 9.18 Å². The van der Waals surface area contributed by atoms with E-state index in [9.17, 15) is 9.18 Å². The Morgan fingerprint density at radius 3 is 2.76 bits per heavy atom. The Bertz CT molecular complexity index is 476. The van der Waals surface area contributed by atoms with Gasteiger partial charge in [-0.1, -0.05) is 0 Å². The molecule has 0 spiro atoms. The minimum atomic E-state index is -0.267. The van der Waals surface area contributed by atoms with Crippen LogP contribution < -0.4 is 10.6 Å². The van der Waals surface area contributed by atoms with Crippen LogP contribution in [-0.4, -0.2) is 31.7 Å². The highest BCUT2D eigenvalue weighted by molar-refractivity contribution is 7.99. The molecule has 0 fully saturated rings. The van der Waals surface area contributed by atoms with E-state index in [0.717, 1.165) is 4.90 Å². The van der Waals surface area contributed by atoms with Gasteiger partial charge in [0, 0.05) is 23.4 Å². The largest absolute Gasteiger partial charge is 0.387 e. The van der Waals surface area contributed by atoms with Crippen molar-refractivity contribution in [1.82, 2.24) is 5.32 Å². The van der Waals surface area contributed by atoms with Crippen LogP contribution in [-0.2, 0) is 0 Å². The number of nitrogens with one attached hydrogen (secondary N) is 2. The molecule has 0 saturated carbocycles. The predicted octanol–water partition coefficient (Wildman–Crippen LogP) is 2.05. The van der Waals surface area contributed by atoms with Crippen molar-refractivity contribution in [2.45, 2.75) is 17.9 Å². The van der Waals surface area contributed by atoms with Gasteiger partial charge >= 0.3 is 0 Å². The first-order valence-electron chi connectivity index (χ1n) is 5.45. The first-order chi connectivity index (χ1) is 8.10. The molecule has 0 aromatic heterocycles. The molecule has 0 amide bonds. The molecule has 1 heterocycles. The second-order valence-electron chi connectivity index (χ2n) is 4.00. The number of Topliss-reactive ketones (excluding diaryl/α,β-unsaturated/α-hetero) is 1. The first-order valence-corrected chi connectivity index (χ1v) is 6.43. The number of anilines is 1. The summed E-state index contributed by atoms with van der Waals surface area (Å²) in [4.78, 5) is 13.0. The molecule has 17 heavy (non-hydrogen) atoms. The van der Waals surface area contributed by atoms with Crippen LogP contribution in [0.2, 0.25) is 0 Å². The summed E-state index contributed by atoms with van der Waals surface area (Å²) in [6.07, 6.45) is 0. The fourth-order valence-electron chi connectivity index (χ4n) is 1.98. The molecule has 1 aromatic rings. The van der Waals surface area contributed by atoms with Gasteiger partial charge in [0.2, 0.25) is 0 Å². The molecule has 1 atom stereocenters. The molecule has 1 unspecified atom stereocenters. The van der Waals surface area contributed by atoms with Gasteiger partial charge < -0.3 is 10.6 Å². The minimum absolute atomic E-state index is 0.0358. The summed E-state index contributed by atoms with van der Waals surface area (Å²) in [5.41, 5.74) is 1.74. The molecule has 5 heteroatoms. The number of benzene rings is 1. The Morgan fingerprint density at radius 2 is 2.18 bits per heavy atom. The van der Waals surface area contributed by atoms with Gasteiger partial charge in [-0.2, -0.15) is 0 Å². The Labute approximate surface area is 104 Å². The molecule has 2 rings (SSSR count). The fourth-order valence-corrected chi connectivity index (χ4v) is 3.30. The summed E-state index contributed by atoms with van der Waals surface area (Å²) in [6.45, 7) is 1.72. The summed E-state index contributed by atoms with van der Waals surface area (Å²) in [5.74, 6) is 0.417. The number of halogens is 1. The highest BCUT2D eigenvalue weighted by Gasteiger charge is 2.31. The van der Waals surface area contributed by atoms with Gasteiger partial charge in [0.05, 0.1) is 11.6 Å². The van der Waals surface area contributed by atoms with Gasteiger partial charge in [0.15, 0.2) is 5.78 Å². The lowest BCUT2D eigenvalue weighted by Crippen LogP contribution is -2.39. The molecule has 0 aliphatic carbocycles. The molecule has 1 aliphatic heterocycles. The van der Waals surface area contributed by atoms with Crippen LogP contribution in [0.15, 0.2) is 11.0 Å². The highest BCUT2D eigenvalue weighted by atomic mass is 32.2. The summed E-state index contributed by atoms with van der Waals surface area (Å²) < 4.78 is 13.7. The maximum Gasteiger partial charge on any atom is 0.183 e. The van der Waals surface area contributed by atoms with Crippen molar-refractivity contribution in [2.24, 2.45) is 0 Å². The maximum atomic E-state index is 13.7. The average Bonchev–Trinajstić information content (AvgIpc) is 2.34. The third-order valence-electron chi connectivity index (χ3n) is 3.04. The highest BCUT2D eigenvalue weighted by Crippen LogP contribution is 2.38. The van der Waals surface area contributed by atoms with Crippen LogP contribution in [0.4, 0.5) is 10.1 Å². The number of rotatable bonds is 2. The molecule has 0 radical (unpaired) electrons. The van der Waals surface area contributed by atoms with Crippen LogP contribution in [0.5, 0.6) is 0 Å². The average molecular weight is 254 g/mol. The SMILES string of the molecule is CNc1cc(F)c(C)c2c1C(=O)C(NC)CS2. The van der Waals surface area contributed by atoms with Gasteiger partial charge in [-0.05, 0) is 25.6 Å². The summed E-state index contributed by atoms with van der Waals surface area (Å²) in [7, 11) is 3.47.